The van der Waals surface area contributed by atoms with Crippen LogP contribution in [0.15, 0.2) is 64.9 Å². The molecule has 0 atom stereocenters. The first kappa shape index (κ1) is 22.4. The van der Waals surface area contributed by atoms with E-state index in [2.05, 4.69) is 15.9 Å². The molecule has 0 spiro atoms. The largest absolute Gasteiger partial charge is 0.640 e. The molecule has 3 saturated heterocycles. The predicted octanol–water partition coefficient (Wildman–Crippen LogP) is 7.23. The van der Waals surface area contributed by atoms with E-state index in [9.17, 15) is 0 Å². The molecular formula is C31H49B2BrO6. The second-order valence-electron chi connectivity index (χ2n) is 11.6. The monoisotopic (exact) mass is 628 g/mol. The third kappa shape index (κ3) is 10.9. The molecule has 9 heteroatoms. The molecule has 2 aromatic carbocycles. The topological polar surface area (TPSA) is 55.4 Å². The third-order valence-corrected chi connectivity index (χ3v) is 7.32. The molecular weight excluding hydrogens is 570 g/mol. The fourth-order valence-electron chi connectivity index (χ4n) is 3.15. The van der Waals surface area contributed by atoms with Crippen molar-refractivity contribution in [3.8, 4) is 0 Å². The van der Waals surface area contributed by atoms with Crippen LogP contribution in [0.25, 0.3) is 0 Å². The van der Waals surface area contributed by atoms with E-state index in [0.29, 0.717) is 0 Å². The number of ether oxygens (including phenoxy) is 1. The number of hydrogen-bond donors (Lipinski definition) is 0. The van der Waals surface area contributed by atoms with Crippen LogP contribution in [0.2, 0.25) is 0 Å². The van der Waals surface area contributed by atoms with Gasteiger partial charge < -0.3 is 28.0 Å². The SMILES string of the molecule is C1CCOC1.CC(C)OB1OC(C)(C)C(C)(C)O1.[2H]c1c([2H])c([2H])c(B2OC(C)(C)C(C)(C)O2)c([2H])c1[2H].[2H]c1c([2H])c([2H])c(Br)c([2H])c1[2H]. The molecule has 0 aliphatic carbocycles. The Kier molecular flexibility index (Phi) is 8.57. The first-order valence-electron chi connectivity index (χ1n) is 18.4. The van der Waals surface area contributed by atoms with E-state index < -0.39 is 31.7 Å². The Hall–Kier alpha value is -1.19. The van der Waals surface area contributed by atoms with Crippen molar-refractivity contribution >= 4 is 35.8 Å². The van der Waals surface area contributed by atoms with Crippen molar-refractivity contribution in [3.05, 3.63) is 64.9 Å². The Balaban J connectivity index is 0.000000251. The zero-order chi connectivity index (χ0) is 38.7. The van der Waals surface area contributed by atoms with E-state index in [1.165, 1.54) is 12.8 Å². The molecule has 0 aromatic heterocycles. The first-order chi connectivity index (χ1) is 22.7. The highest BCUT2D eigenvalue weighted by molar-refractivity contribution is 9.10. The minimum atomic E-state index is -0.964. The number of benzene rings is 2. The quantitative estimate of drug-likeness (QED) is 0.334. The van der Waals surface area contributed by atoms with Crippen LogP contribution in [0.4, 0.5) is 0 Å². The highest BCUT2D eigenvalue weighted by atomic mass is 79.9. The van der Waals surface area contributed by atoms with Gasteiger partial charge in [-0.1, -0.05) is 64.3 Å². The fourth-order valence-corrected chi connectivity index (χ4v) is 3.35. The molecule has 5 rings (SSSR count). The smallest absolute Gasteiger partial charge is 0.399 e. The lowest BCUT2D eigenvalue weighted by Crippen LogP contribution is -2.41. The lowest BCUT2D eigenvalue weighted by molar-refractivity contribution is 0.00578. The standard InChI is InChI=1S/C12H17BO2.C9H19BO3.C6H5Br.C4H8O/c1-11(2)12(3,4)15-13(14-11)10-8-6-5-7-9-10;1-7(2)11-10-12-8(3,4)9(5,6)13-10;7-6-4-2-1-3-5-6;1-2-4-5-3-1/h5-9H,1-4H3;7H,1-6H3;1-5H;1-4H2/i5D,6D,7D,8D,9D;;1D,2D,3D,4D,5D;. The van der Waals surface area contributed by atoms with Gasteiger partial charge in [-0.3, -0.25) is 0 Å². The highest BCUT2D eigenvalue weighted by Crippen LogP contribution is 2.37. The number of hydrogen-bond acceptors (Lipinski definition) is 6. The molecule has 0 bridgehead atoms. The lowest BCUT2D eigenvalue weighted by atomic mass is 9.79. The van der Waals surface area contributed by atoms with Crippen LogP contribution < -0.4 is 5.46 Å². The van der Waals surface area contributed by atoms with Crippen LogP contribution >= 0.6 is 15.9 Å². The number of halogens is 1. The summed E-state index contributed by atoms with van der Waals surface area (Å²) in [5, 5.41) is 0. The van der Waals surface area contributed by atoms with E-state index in [1.54, 1.807) is 0 Å². The molecule has 6 nitrogen and oxygen atoms in total. The van der Waals surface area contributed by atoms with Crippen molar-refractivity contribution in [2.75, 3.05) is 13.2 Å². The highest BCUT2D eigenvalue weighted by Gasteiger charge is 2.53. The van der Waals surface area contributed by atoms with Crippen LogP contribution in [-0.2, 0) is 28.0 Å². The summed E-state index contributed by atoms with van der Waals surface area (Å²) in [5.41, 5.74) is -1.80. The van der Waals surface area contributed by atoms with E-state index in [0.717, 1.165) is 13.2 Å². The Bertz CT molecular complexity index is 1340. The molecule has 3 fully saturated rings. The van der Waals surface area contributed by atoms with Crippen LogP contribution in [0.1, 0.15) is 95.8 Å². The molecule has 40 heavy (non-hydrogen) atoms. The molecule has 3 aliphatic heterocycles. The zero-order valence-electron chi connectivity index (χ0n) is 35.4. The minimum Gasteiger partial charge on any atom is -0.399 e. The van der Waals surface area contributed by atoms with Crippen molar-refractivity contribution in [2.24, 2.45) is 0 Å². The summed E-state index contributed by atoms with van der Waals surface area (Å²) >= 11 is 2.92. The maximum absolute atomic E-state index is 7.93. The summed E-state index contributed by atoms with van der Waals surface area (Å²) < 4.78 is 108. The summed E-state index contributed by atoms with van der Waals surface area (Å²) in [4.78, 5) is 0. The molecule has 0 N–H and O–H groups in total. The first-order valence-corrected chi connectivity index (χ1v) is 14.2. The summed E-state index contributed by atoms with van der Waals surface area (Å²) in [6.45, 7) is 21.4. The Morgan fingerprint density at radius 3 is 1.48 bits per heavy atom. The minimum absolute atomic E-state index is 0.0506. The zero-order valence-corrected chi connectivity index (χ0v) is 27.0. The molecule has 0 unspecified atom stereocenters. The van der Waals surface area contributed by atoms with Gasteiger partial charge in [0.05, 0.1) is 36.1 Å². The van der Waals surface area contributed by atoms with Gasteiger partial charge in [0.2, 0.25) is 0 Å². The van der Waals surface area contributed by atoms with Gasteiger partial charge in [-0.2, -0.15) is 0 Å². The van der Waals surface area contributed by atoms with Gasteiger partial charge in [0.25, 0.3) is 0 Å². The normalized spacial score (nSPS) is 25.0. The summed E-state index contributed by atoms with van der Waals surface area (Å²) in [6, 6.07) is -3.16. The van der Waals surface area contributed by atoms with Crippen molar-refractivity contribution in [1.29, 1.82) is 0 Å². The van der Waals surface area contributed by atoms with Crippen LogP contribution in [-0.4, -0.2) is 56.2 Å². The average molecular weight is 629 g/mol. The molecule has 222 valence electrons. The molecule has 3 aliphatic rings. The second kappa shape index (κ2) is 15.3. The van der Waals surface area contributed by atoms with Crippen molar-refractivity contribution < 1.29 is 41.7 Å². The fraction of sp³-hybridized carbons (Fsp3) is 0.613. The average Bonchev–Trinajstić information content (AvgIpc) is 3.70. The van der Waals surface area contributed by atoms with Crippen molar-refractivity contribution in [1.82, 2.24) is 0 Å². The summed E-state index contributed by atoms with van der Waals surface area (Å²) in [7, 11) is -1.49. The molecule has 0 radical (unpaired) electrons. The van der Waals surface area contributed by atoms with Crippen molar-refractivity contribution in [3.63, 3.8) is 0 Å². The van der Waals surface area contributed by atoms with E-state index in [4.69, 9.17) is 41.7 Å². The Morgan fingerprint density at radius 1 is 0.700 bits per heavy atom. The van der Waals surface area contributed by atoms with E-state index in [-0.39, 0.29) is 81.6 Å². The summed E-state index contributed by atoms with van der Waals surface area (Å²) in [6.07, 6.45) is 2.68. The molecule has 2 aromatic rings. The van der Waals surface area contributed by atoms with Gasteiger partial charge in [-0.25, -0.2) is 0 Å². The molecule has 0 saturated carbocycles. The van der Waals surface area contributed by atoms with Crippen LogP contribution in [0, 0.1) is 0 Å². The van der Waals surface area contributed by atoms with Gasteiger partial charge in [-0.05, 0) is 99.6 Å². The maximum atomic E-state index is 7.93. The third-order valence-electron chi connectivity index (χ3n) is 6.92. The van der Waals surface area contributed by atoms with Gasteiger partial charge in [0.1, 0.15) is 0 Å². The predicted molar refractivity (Wildman–Crippen MR) is 169 cm³/mol. The maximum Gasteiger partial charge on any atom is 0.640 e. The molecule has 3 heterocycles. The van der Waals surface area contributed by atoms with Crippen LogP contribution in [0.3, 0.4) is 0 Å². The second-order valence-corrected chi connectivity index (χ2v) is 12.4. The molecule has 0 amide bonds. The van der Waals surface area contributed by atoms with Crippen molar-refractivity contribution in [2.45, 2.75) is 111 Å². The lowest BCUT2D eigenvalue weighted by Gasteiger charge is -2.32. The van der Waals surface area contributed by atoms with Crippen LogP contribution in [0.5, 0.6) is 0 Å². The Morgan fingerprint density at radius 2 is 1.10 bits per heavy atom. The van der Waals surface area contributed by atoms with E-state index >= 15 is 0 Å². The van der Waals surface area contributed by atoms with Gasteiger partial charge >= 0.3 is 14.4 Å². The summed E-state index contributed by atoms with van der Waals surface area (Å²) in [5.74, 6) is 0. The number of rotatable bonds is 3. The van der Waals surface area contributed by atoms with Gasteiger partial charge in [0, 0.05) is 23.8 Å². The Labute approximate surface area is 266 Å². The van der Waals surface area contributed by atoms with Gasteiger partial charge in [0.15, 0.2) is 0 Å². The van der Waals surface area contributed by atoms with E-state index in [1.807, 2.05) is 69.2 Å². The van der Waals surface area contributed by atoms with Gasteiger partial charge in [-0.15, -0.1) is 0 Å².